The average Bonchev–Trinajstić information content (AvgIpc) is 2.69. The van der Waals surface area contributed by atoms with Crippen LogP contribution in [0.5, 0.6) is 0 Å². The quantitative estimate of drug-likeness (QED) is 0.688. The van der Waals surface area contributed by atoms with Crippen molar-refractivity contribution in [3.63, 3.8) is 0 Å². The molecule has 1 aromatic rings. The molecule has 0 spiro atoms. The van der Waals surface area contributed by atoms with Gasteiger partial charge in [0.2, 0.25) is 0 Å². The maximum Gasteiger partial charge on any atom is 0.131 e. The number of nitrogens with zero attached hydrogens (tertiary/aromatic N) is 2. The van der Waals surface area contributed by atoms with Gasteiger partial charge in [-0.05, 0) is 13.0 Å². The van der Waals surface area contributed by atoms with Crippen LogP contribution in [-0.4, -0.2) is 30.0 Å². The lowest BCUT2D eigenvalue weighted by Gasteiger charge is -1.98. The molecule has 4 nitrogen and oxygen atoms in total. The Kier molecular flexibility index (Phi) is 6.47. The average molecular weight is 229 g/mol. The summed E-state index contributed by atoms with van der Waals surface area (Å²) >= 11 is 1.67. The van der Waals surface area contributed by atoms with Gasteiger partial charge in [-0.2, -0.15) is 0 Å². The Bertz CT molecular complexity index is 265. The van der Waals surface area contributed by atoms with Crippen molar-refractivity contribution in [3.05, 3.63) is 10.0 Å². The summed E-state index contributed by atoms with van der Waals surface area (Å²) in [4.78, 5) is 0. The highest BCUT2D eigenvalue weighted by Crippen LogP contribution is 2.09. The normalized spacial score (nSPS) is 10.8. The Morgan fingerprint density at radius 3 is 2.73 bits per heavy atom. The predicted molar refractivity (Wildman–Crippen MR) is 62.1 cm³/mol. The smallest absolute Gasteiger partial charge is 0.131 e. The monoisotopic (exact) mass is 229 g/mol. The van der Waals surface area contributed by atoms with Gasteiger partial charge in [-0.25, -0.2) is 0 Å². The molecule has 5 heteroatoms. The maximum absolute atomic E-state index is 5.40. The largest absolute Gasteiger partial charge is 0.381 e. The first kappa shape index (κ1) is 12.5. The molecule has 1 heterocycles. The zero-order chi connectivity index (χ0) is 10.9. The van der Waals surface area contributed by atoms with Crippen LogP contribution < -0.4 is 5.32 Å². The maximum atomic E-state index is 5.40. The molecule has 0 aliphatic carbocycles. The van der Waals surface area contributed by atoms with Crippen LogP contribution in [0.4, 0.5) is 0 Å². The Hall–Kier alpha value is -0.520. The van der Waals surface area contributed by atoms with Crippen LogP contribution in [0.2, 0.25) is 0 Å². The van der Waals surface area contributed by atoms with E-state index in [4.69, 9.17) is 4.74 Å². The fraction of sp³-hybridized carbons (Fsp3) is 0.800. The molecule has 0 saturated carbocycles. The first-order valence-electron chi connectivity index (χ1n) is 5.46. The number of aromatic nitrogens is 2. The molecule has 86 valence electrons. The minimum absolute atomic E-state index is 0.754. The van der Waals surface area contributed by atoms with Crippen LogP contribution in [0.25, 0.3) is 0 Å². The Labute approximate surface area is 95.1 Å². The third-order valence-corrected chi connectivity index (χ3v) is 2.83. The van der Waals surface area contributed by atoms with Crippen molar-refractivity contribution in [2.45, 2.75) is 33.2 Å². The molecule has 0 atom stereocenters. The Morgan fingerprint density at radius 2 is 2.00 bits per heavy atom. The molecule has 0 aliphatic rings. The molecule has 0 amide bonds. The number of ether oxygens (including phenoxy) is 1. The van der Waals surface area contributed by atoms with Gasteiger partial charge in [0, 0.05) is 19.6 Å². The second kappa shape index (κ2) is 7.73. The molecule has 0 saturated heterocycles. The summed E-state index contributed by atoms with van der Waals surface area (Å²) in [5, 5.41) is 13.6. The lowest BCUT2D eigenvalue weighted by Crippen LogP contribution is -2.11. The van der Waals surface area contributed by atoms with Crippen molar-refractivity contribution < 1.29 is 4.74 Å². The van der Waals surface area contributed by atoms with Gasteiger partial charge in [-0.15, -0.1) is 21.5 Å². The third kappa shape index (κ3) is 5.20. The molecule has 0 fully saturated rings. The van der Waals surface area contributed by atoms with Crippen LogP contribution in [0.1, 0.15) is 30.3 Å². The summed E-state index contributed by atoms with van der Waals surface area (Å²) in [6, 6.07) is 0. The van der Waals surface area contributed by atoms with Gasteiger partial charge in [0.05, 0.1) is 6.61 Å². The van der Waals surface area contributed by atoms with E-state index in [0.29, 0.717) is 0 Å². The SMILES string of the molecule is CCCOCCc1nnc(CNCC)s1. The molecule has 0 bridgehead atoms. The molecular weight excluding hydrogens is 210 g/mol. The first-order valence-corrected chi connectivity index (χ1v) is 6.28. The van der Waals surface area contributed by atoms with Gasteiger partial charge in [-0.3, -0.25) is 0 Å². The fourth-order valence-corrected chi connectivity index (χ4v) is 1.89. The molecule has 0 radical (unpaired) electrons. The van der Waals surface area contributed by atoms with E-state index < -0.39 is 0 Å². The van der Waals surface area contributed by atoms with Crippen LogP contribution in [0, 0.1) is 0 Å². The summed E-state index contributed by atoms with van der Waals surface area (Å²) in [5.41, 5.74) is 0. The van der Waals surface area contributed by atoms with Crippen LogP contribution in [0.15, 0.2) is 0 Å². The molecular formula is C10H19N3OS. The molecule has 0 unspecified atom stereocenters. The molecule has 1 aromatic heterocycles. The molecule has 0 aromatic carbocycles. The highest BCUT2D eigenvalue weighted by atomic mass is 32.1. The van der Waals surface area contributed by atoms with Crippen molar-refractivity contribution in [3.8, 4) is 0 Å². The first-order chi connectivity index (χ1) is 7.36. The zero-order valence-electron chi connectivity index (χ0n) is 9.45. The number of nitrogens with one attached hydrogen (secondary N) is 1. The predicted octanol–water partition coefficient (Wildman–Crippen LogP) is 1.62. The minimum atomic E-state index is 0.754. The molecule has 15 heavy (non-hydrogen) atoms. The summed E-state index contributed by atoms with van der Waals surface area (Å²) in [7, 11) is 0. The van der Waals surface area contributed by atoms with Gasteiger partial charge in [0.15, 0.2) is 0 Å². The minimum Gasteiger partial charge on any atom is -0.381 e. The van der Waals surface area contributed by atoms with Crippen molar-refractivity contribution in [1.29, 1.82) is 0 Å². The van der Waals surface area contributed by atoms with Crippen molar-refractivity contribution in [1.82, 2.24) is 15.5 Å². The van der Waals surface area contributed by atoms with E-state index in [-0.39, 0.29) is 0 Å². The number of rotatable bonds is 8. The van der Waals surface area contributed by atoms with Crippen molar-refractivity contribution in [2.75, 3.05) is 19.8 Å². The van der Waals surface area contributed by atoms with E-state index in [9.17, 15) is 0 Å². The fourth-order valence-electron chi connectivity index (χ4n) is 1.10. The highest BCUT2D eigenvalue weighted by molar-refractivity contribution is 7.11. The van der Waals surface area contributed by atoms with Crippen LogP contribution >= 0.6 is 11.3 Å². The number of hydrogen-bond donors (Lipinski definition) is 1. The third-order valence-electron chi connectivity index (χ3n) is 1.84. The Balaban J connectivity index is 2.20. The van der Waals surface area contributed by atoms with Crippen LogP contribution in [0.3, 0.4) is 0 Å². The lowest BCUT2D eigenvalue weighted by atomic mass is 10.5. The molecule has 1 rings (SSSR count). The number of hydrogen-bond acceptors (Lipinski definition) is 5. The van der Waals surface area contributed by atoms with Gasteiger partial charge < -0.3 is 10.1 Å². The second-order valence-electron chi connectivity index (χ2n) is 3.23. The summed E-state index contributed by atoms with van der Waals surface area (Å²) in [5.74, 6) is 0. The van der Waals surface area contributed by atoms with Gasteiger partial charge in [0.1, 0.15) is 10.0 Å². The van der Waals surface area contributed by atoms with E-state index in [2.05, 4.69) is 29.4 Å². The van der Waals surface area contributed by atoms with Crippen molar-refractivity contribution >= 4 is 11.3 Å². The zero-order valence-corrected chi connectivity index (χ0v) is 10.3. The van der Waals surface area contributed by atoms with E-state index >= 15 is 0 Å². The topological polar surface area (TPSA) is 47.0 Å². The van der Waals surface area contributed by atoms with Gasteiger partial charge >= 0.3 is 0 Å². The van der Waals surface area contributed by atoms with Gasteiger partial charge in [0.25, 0.3) is 0 Å². The van der Waals surface area contributed by atoms with Crippen LogP contribution in [-0.2, 0) is 17.7 Å². The molecule has 1 N–H and O–H groups in total. The van der Waals surface area contributed by atoms with E-state index in [1.54, 1.807) is 11.3 Å². The summed E-state index contributed by atoms with van der Waals surface area (Å²) in [6.45, 7) is 7.57. The summed E-state index contributed by atoms with van der Waals surface area (Å²) in [6.07, 6.45) is 1.95. The van der Waals surface area contributed by atoms with E-state index in [0.717, 1.165) is 49.2 Å². The van der Waals surface area contributed by atoms with E-state index in [1.807, 2.05) is 0 Å². The van der Waals surface area contributed by atoms with Gasteiger partial charge in [-0.1, -0.05) is 13.8 Å². The second-order valence-corrected chi connectivity index (χ2v) is 4.38. The lowest BCUT2D eigenvalue weighted by molar-refractivity contribution is 0.138. The van der Waals surface area contributed by atoms with Crippen molar-refractivity contribution in [2.24, 2.45) is 0 Å². The standard InChI is InChI=1S/C10H19N3OS/c1-3-6-14-7-5-9-12-13-10(15-9)8-11-4-2/h11H,3-8H2,1-2H3. The Morgan fingerprint density at radius 1 is 1.20 bits per heavy atom. The van der Waals surface area contributed by atoms with E-state index in [1.165, 1.54) is 0 Å². The molecule has 0 aliphatic heterocycles. The highest BCUT2D eigenvalue weighted by Gasteiger charge is 2.02. The summed E-state index contributed by atoms with van der Waals surface area (Å²) < 4.78 is 5.40.